The third-order valence-electron chi connectivity index (χ3n) is 9.96. The van der Waals surface area contributed by atoms with Crippen molar-refractivity contribution in [2.75, 3.05) is 0 Å². The summed E-state index contributed by atoms with van der Waals surface area (Å²) in [5, 5.41) is 10.5. The second kappa shape index (κ2) is 9.76. The smallest absolute Gasteiger partial charge is 0.00259 e. The molecule has 10 rings (SSSR count). The molecule has 0 fully saturated rings. The summed E-state index contributed by atoms with van der Waals surface area (Å²) in [6.45, 7) is 0. The van der Waals surface area contributed by atoms with Gasteiger partial charge in [-0.05, 0) is 123 Å². The van der Waals surface area contributed by atoms with Gasteiger partial charge in [0.1, 0.15) is 0 Å². The van der Waals surface area contributed by atoms with Crippen molar-refractivity contribution in [2.24, 2.45) is 0 Å². The van der Waals surface area contributed by atoms with Crippen molar-refractivity contribution in [3.05, 3.63) is 170 Å². The Morgan fingerprint density at radius 3 is 1.65 bits per heavy atom. The first-order valence-corrected chi connectivity index (χ1v) is 16.0. The fourth-order valence-corrected chi connectivity index (χ4v) is 7.82. The maximum atomic E-state index is 2.38. The lowest BCUT2D eigenvalue weighted by Gasteiger charge is -2.14. The number of fused-ring (bicyclic) bond motifs is 8. The summed E-state index contributed by atoms with van der Waals surface area (Å²) in [4.78, 5) is 0. The fourth-order valence-electron chi connectivity index (χ4n) is 7.82. The summed E-state index contributed by atoms with van der Waals surface area (Å²) >= 11 is 0. The van der Waals surface area contributed by atoms with E-state index in [1.807, 2.05) is 0 Å². The second-order valence-corrected chi connectivity index (χ2v) is 12.5. The third kappa shape index (κ3) is 3.74. The normalized spacial score (nSPS) is 11.9. The molecule has 0 saturated carbocycles. The largest absolute Gasteiger partial charge is 0.0616 e. The number of hydrogen-bond acceptors (Lipinski definition) is 0. The van der Waals surface area contributed by atoms with Gasteiger partial charge in [-0.1, -0.05) is 146 Å². The van der Waals surface area contributed by atoms with Gasteiger partial charge < -0.3 is 0 Å². The highest BCUT2D eigenvalue weighted by Crippen LogP contribution is 2.48. The summed E-state index contributed by atoms with van der Waals surface area (Å²) < 4.78 is 0. The minimum absolute atomic E-state index is 1.22. The Morgan fingerprint density at radius 2 is 0.804 bits per heavy atom. The van der Waals surface area contributed by atoms with Crippen LogP contribution in [0.3, 0.4) is 0 Å². The minimum atomic E-state index is 1.22. The van der Waals surface area contributed by atoms with E-state index in [2.05, 4.69) is 170 Å². The molecule has 0 aromatic heterocycles. The topological polar surface area (TPSA) is 0 Å². The van der Waals surface area contributed by atoms with Crippen molar-refractivity contribution in [1.82, 2.24) is 0 Å². The Kier molecular flexibility index (Phi) is 5.38. The van der Waals surface area contributed by atoms with Gasteiger partial charge >= 0.3 is 0 Å². The fraction of sp³-hybridized carbons (Fsp3) is 0. The van der Waals surface area contributed by atoms with Crippen LogP contribution in [0.4, 0.5) is 0 Å². The van der Waals surface area contributed by atoms with Crippen molar-refractivity contribution >= 4 is 43.1 Å². The van der Waals surface area contributed by atoms with E-state index in [9.17, 15) is 0 Å². The lowest BCUT2D eigenvalue weighted by molar-refractivity contribution is 1.59. The summed E-state index contributed by atoms with van der Waals surface area (Å²) in [6.07, 6.45) is 0. The highest BCUT2D eigenvalue weighted by Gasteiger charge is 2.21. The van der Waals surface area contributed by atoms with Crippen LogP contribution in [0.2, 0.25) is 0 Å². The number of benzene rings is 9. The highest BCUT2D eigenvalue weighted by molar-refractivity contribution is 6.23. The average molecular weight is 581 g/mol. The molecule has 212 valence electrons. The molecule has 1 aliphatic carbocycles. The lowest BCUT2D eigenvalue weighted by Crippen LogP contribution is -1.87. The monoisotopic (exact) mass is 580 g/mol. The molecule has 0 heterocycles. The quantitative estimate of drug-likeness (QED) is 0.182. The molecule has 0 saturated heterocycles. The van der Waals surface area contributed by atoms with E-state index < -0.39 is 0 Å². The Hall–Kier alpha value is -5.98. The Labute approximate surface area is 267 Å². The zero-order valence-corrected chi connectivity index (χ0v) is 25.2. The maximum absolute atomic E-state index is 2.38. The van der Waals surface area contributed by atoms with Gasteiger partial charge in [-0.25, -0.2) is 0 Å². The van der Waals surface area contributed by atoms with E-state index in [1.54, 1.807) is 0 Å². The van der Waals surface area contributed by atoms with Crippen LogP contribution in [0, 0.1) is 0 Å². The van der Waals surface area contributed by atoms with E-state index in [0.717, 1.165) is 0 Å². The van der Waals surface area contributed by atoms with Gasteiger partial charge in [0, 0.05) is 0 Å². The van der Waals surface area contributed by atoms with Crippen LogP contribution >= 0.6 is 0 Å². The van der Waals surface area contributed by atoms with Gasteiger partial charge in [0.15, 0.2) is 0 Å². The van der Waals surface area contributed by atoms with Crippen LogP contribution in [0.15, 0.2) is 170 Å². The maximum Gasteiger partial charge on any atom is -0.00259 e. The SMILES string of the molecule is c1cc(-c2ccc(-c3cc4ccc5ccccc5c4c4ccccc34)cc2)cc(-c2cc3c4c(cccc4c2)-c2ccccc2-3)c1. The third-order valence-corrected chi connectivity index (χ3v) is 9.96. The van der Waals surface area contributed by atoms with E-state index in [4.69, 9.17) is 0 Å². The van der Waals surface area contributed by atoms with Gasteiger partial charge in [-0.15, -0.1) is 0 Å². The van der Waals surface area contributed by atoms with Gasteiger partial charge in [0.25, 0.3) is 0 Å². The predicted molar refractivity (Wildman–Crippen MR) is 197 cm³/mol. The van der Waals surface area contributed by atoms with Crippen molar-refractivity contribution < 1.29 is 0 Å². The standard InChI is InChI=1S/C46H28/c1-2-13-37-30(9-1)23-24-35-27-43(40-16-5-6-17-41(40)45(35)37)31-21-19-29(20-22-31)32-10-7-11-33(25-32)36-26-34-12-8-18-42-38-14-3-4-15-39(38)44(28-36)46(34)42/h1-28H. The van der Waals surface area contributed by atoms with Crippen LogP contribution in [0.1, 0.15) is 0 Å². The Bertz CT molecular complexity index is 2670. The molecule has 0 atom stereocenters. The summed E-state index contributed by atoms with van der Waals surface area (Å²) in [5.74, 6) is 0. The summed E-state index contributed by atoms with van der Waals surface area (Å²) in [7, 11) is 0. The van der Waals surface area contributed by atoms with Crippen LogP contribution in [-0.2, 0) is 0 Å². The van der Waals surface area contributed by atoms with Crippen molar-refractivity contribution in [3.63, 3.8) is 0 Å². The predicted octanol–water partition coefficient (Wildman–Crippen LogP) is 12.9. The summed E-state index contributed by atoms with van der Waals surface area (Å²) in [6, 6.07) is 62.8. The van der Waals surface area contributed by atoms with Crippen LogP contribution < -0.4 is 0 Å². The van der Waals surface area contributed by atoms with Gasteiger partial charge in [-0.3, -0.25) is 0 Å². The van der Waals surface area contributed by atoms with Crippen LogP contribution in [-0.4, -0.2) is 0 Å². The number of hydrogen-bond donors (Lipinski definition) is 0. The highest BCUT2D eigenvalue weighted by atomic mass is 14.2. The molecule has 1 aliphatic rings. The first-order chi connectivity index (χ1) is 22.8. The Balaban J connectivity index is 1.06. The first-order valence-electron chi connectivity index (χ1n) is 16.0. The Morgan fingerprint density at radius 1 is 0.217 bits per heavy atom. The molecule has 0 bridgehead atoms. The molecule has 0 amide bonds. The zero-order valence-electron chi connectivity index (χ0n) is 25.2. The van der Waals surface area contributed by atoms with Crippen LogP contribution in [0.25, 0.3) is 98.7 Å². The average Bonchev–Trinajstić information content (AvgIpc) is 3.46. The van der Waals surface area contributed by atoms with Crippen molar-refractivity contribution in [2.45, 2.75) is 0 Å². The lowest BCUT2D eigenvalue weighted by atomic mass is 9.90. The molecular weight excluding hydrogens is 553 g/mol. The zero-order chi connectivity index (χ0) is 30.2. The molecule has 9 aromatic rings. The molecule has 0 heteroatoms. The van der Waals surface area contributed by atoms with Crippen molar-refractivity contribution in [3.8, 4) is 55.6 Å². The van der Waals surface area contributed by atoms with Crippen molar-refractivity contribution in [1.29, 1.82) is 0 Å². The molecule has 9 aromatic carbocycles. The van der Waals surface area contributed by atoms with Gasteiger partial charge in [0.2, 0.25) is 0 Å². The first kappa shape index (κ1) is 25.4. The molecule has 46 heavy (non-hydrogen) atoms. The second-order valence-electron chi connectivity index (χ2n) is 12.5. The van der Waals surface area contributed by atoms with Gasteiger partial charge in [-0.2, -0.15) is 0 Å². The minimum Gasteiger partial charge on any atom is -0.0616 e. The van der Waals surface area contributed by atoms with E-state index in [-0.39, 0.29) is 0 Å². The van der Waals surface area contributed by atoms with E-state index in [1.165, 1.54) is 98.7 Å². The molecule has 0 aliphatic heterocycles. The molecule has 0 nitrogen and oxygen atoms in total. The molecular formula is C46H28. The molecule has 0 spiro atoms. The molecule has 0 N–H and O–H groups in total. The van der Waals surface area contributed by atoms with Crippen LogP contribution in [0.5, 0.6) is 0 Å². The number of rotatable bonds is 3. The van der Waals surface area contributed by atoms with E-state index >= 15 is 0 Å². The van der Waals surface area contributed by atoms with Gasteiger partial charge in [0.05, 0.1) is 0 Å². The molecule has 0 unspecified atom stereocenters. The summed E-state index contributed by atoms with van der Waals surface area (Å²) in [5.41, 5.74) is 12.8. The molecule has 0 radical (unpaired) electrons. The van der Waals surface area contributed by atoms with E-state index in [0.29, 0.717) is 0 Å².